The Morgan fingerprint density at radius 1 is 0.667 bits per heavy atom. The summed E-state index contributed by atoms with van der Waals surface area (Å²) in [5.74, 6) is -0.864. The minimum Gasteiger partial charge on any atom is -0.470 e. The van der Waals surface area contributed by atoms with Crippen LogP contribution in [0.3, 0.4) is 0 Å². The van der Waals surface area contributed by atoms with Gasteiger partial charge in [-0.05, 0) is 61.5 Å². The van der Waals surface area contributed by atoms with Gasteiger partial charge in [-0.25, -0.2) is 0 Å². The molecule has 0 saturated carbocycles. The second kappa shape index (κ2) is 16.5. The fraction of sp³-hybridized carbons (Fsp3) is 0.455. The average molecular weight is 846 g/mol. The van der Waals surface area contributed by atoms with Gasteiger partial charge in [0.1, 0.15) is 35.5 Å². The molecule has 4 aromatic rings. The summed E-state index contributed by atoms with van der Waals surface area (Å²) in [6.45, 7) is 6.35. The molecule has 0 radical (unpaired) electrons. The monoisotopic (exact) mass is 844 g/mol. The topological polar surface area (TPSA) is 152 Å². The van der Waals surface area contributed by atoms with Crippen molar-refractivity contribution in [3.8, 4) is 11.8 Å². The van der Waals surface area contributed by atoms with E-state index in [4.69, 9.17) is 18.5 Å². The Bertz CT molecular complexity index is 1970. The highest BCUT2D eigenvalue weighted by atomic mass is 79.9. The number of rotatable bonds is 8. The van der Waals surface area contributed by atoms with E-state index in [2.05, 4.69) is 32.3 Å². The molecule has 0 amide bonds. The molecule has 0 aliphatic heterocycles. The molecule has 12 nitrogen and oxygen atoms in total. The molecule has 2 N–H and O–H groups in total. The number of benzene rings is 2. The SMILES string of the molecule is C.C[C@@H]1C=C[C@H]2[C@H](N(C)C)c3onc(OCc4ccccc4)c3C(=O)[C@@]2(O)[C@@H]1C.C[C@@H]1[C@@H](Br)C=C[C@H]2[C@H](N(C)C)c3onc(OCc4ccccc4)c3C(=O)[C@@]12O. The van der Waals surface area contributed by atoms with Crippen molar-refractivity contribution in [2.75, 3.05) is 28.2 Å². The van der Waals surface area contributed by atoms with Crippen LogP contribution >= 0.6 is 15.9 Å². The quantitative estimate of drug-likeness (QED) is 0.136. The number of hydrogen-bond donors (Lipinski definition) is 2. The minimum absolute atomic E-state index is 0. The second-order valence-corrected chi connectivity index (χ2v) is 16.9. The third-order valence-corrected chi connectivity index (χ3v) is 13.2. The minimum atomic E-state index is -1.57. The van der Waals surface area contributed by atoms with E-state index in [-0.39, 0.29) is 84.0 Å². The number of fused-ring (bicyclic) bond motifs is 4. The number of Topliss-reactive ketones (excluding diaryl/α,β-unsaturated/α-hetero) is 2. The van der Waals surface area contributed by atoms with E-state index in [1.807, 2.05) is 138 Å². The van der Waals surface area contributed by atoms with Crippen molar-refractivity contribution < 1.29 is 38.3 Å². The Morgan fingerprint density at radius 3 is 1.49 bits per heavy atom. The number of aliphatic hydroxyl groups is 2. The van der Waals surface area contributed by atoms with Gasteiger partial charge in [0.05, 0.1) is 12.1 Å². The zero-order valence-electron chi connectivity index (χ0n) is 32.6. The van der Waals surface area contributed by atoms with Gasteiger partial charge in [0.2, 0.25) is 11.6 Å². The van der Waals surface area contributed by atoms with Gasteiger partial charge in [0.25, 0.3) is 11.8 Å². The lowest BCUT2D eigenvalue weighted by Gasteiger charge is -2.49. The van der Waals surface area contributed by atoms with Crippen molar-refractivity contribution in [2.45, 2.75) is 69.5 Å². The van der Waals surface area contributed by atoms with Crippen LogP contribution in [-0.2, 0) is 13.2 Å². The summed E-state index contributed by atoms with van der Waals surface area (Å²) < 4.78 is 22.8. The van der Waals surface area contributed by atoms with E-state index >= 15 is 0 Å². The highest BCUT2D eigenvalue weighted by Crippen LogP contribution is 2.54. The van der Waals surface area contributed by atoms with Gasteiger partial charge in [-0.3, -0.25) is 19.4 Å². The largest absolute Gasteiger partial charge is 0.470 e. The molecule has 0 spiro atoms. The van der Waals surface area contributed by atoms with Crippen LogP contribution in [-0.4, -0.2) is 86.1 Å². The molecule has 57 heavy (non-hydrogen) atoms. The molecule has 10 atom stereocenters. The van der Waals surface area contributed by atoms with E-state index in [1.54, 1.807) is 0 Å². The van der Waals surface area contributed by atoms with Crippen LogP contribution < -0.4 is 9.47 Å². The number of carbonyl (C=O) groups is 2. The number of ketones is 2. The molecule has 8 rings (SSSR count). The molecule has 0 fully saturated rings. The summed E-state index contributed by atoms with van der Waals surface area (Å²) in [6, 6.07) is 18.7. The number of allylic oxidation sites excluding steroid dienone is 2. The Labute approximate surface area is 342 Å². The number of halogens is 1. The maximum Gasteiger partial charge on any atom is 0.265 e. The van der Waals surface area contributed by atoms with Crippen LogP contribution in [0.2, 0.25) is 0 Å². The van der Waals surface area contributed by atoms with E-state index in [1.165, 1.54) is 0 Å². The van der Waals surface area contributed by atoms with Gasteiger partial charge >= 0.3 is 0 Å². The van der Waals surface area contributed by atoms with Crippen molar-refractivity contribution in [2.24, 2.45) is 29.6 Å². The Balaban J connectivity index is 0.000000189. The number of aromatic nitrogens is 2. The van der Waals surface area contributed by atoms with Crippen LogP contribution in [0.4, 0.5) is 0 Å². The average Bonchev–Trinajstić information content (AvgIpc) is 3.81. The summed E-state index contributed by atoms with van der Waals surface area (Å²) in [4.78, 5) is 30.8. The molecule has 0 unspecified atom stereocenters. The van der Waals surface area contributed by atoms with Gasteiger partial charge in [-0.15, -0.1) is 0 Å². The van der Waals surface area contributed by atoms with Crippen LogP contribution in [0, 0.1) is 29.6 Å². The zero-order chi connectivity index (χ0) is 40.1. The van der Waals surface area contributed by atoms with E-state index < -0.39 is 28.8 Å². The molecular weight excluding hydrogens is 792 g/mol. The highest BCUT2D eigenvalue weighted by Gasteiger charge is 2.62. The van der Waals surface area contributed by atoms with Crippen molar-refractivity contribution >= 4 is 27.5 Å². The summed E-state index contributed by atoms with van der Waals surface area (Å²) in [6.07, 6.45) is 7.91. The molecular formula is C44H53BrN4O8. The van der Waals surface area contributed by atoms with Gasteiger partial charge < -0.3 is 28.7 Å². The van der Waals surface area contributed by atoms with E-state index in [9.17, 15) is 19.8 Å². The lowest BCUT2D eigenvalue weighted by Crippen LogP contribution is -2.60. The zero-order valence-corrected chi connectivity index (χ0v) is 34.2. The summed E-state index contributed by atoms with van der Waals surface area (Å²) in [5.41, 5.74) is -0.658. The lowest BCUT2D eigenvalue weighted by molar-refractivity contribution is -0.0690. The van der Waals surface area contributed by atoms with Gasteiger partial charge in [-0.1, -0.05) is 129 Å². The molecule has 2 aromatic heterocycles. The normalized spacial score (nSPS) is 31.0. The fourth-order valence-corrected chi connectivity index (χ4v) is 9.27. The number of carbonyl (C=O) groups excluding carboxylic acids is 2. The third-order valence-electron chi connectivity index (χ3n) is 12.1. The standard InChI is InChI=1S/C22H26N2O4.C21H23BrN2O4.CH4/c1-13-10-11-16-18(24(3)4)19-17(20(25)22(16,26)14(13)2)21(23-28-19)27-12-15-8-6-5-7-9-15;1-12-15(22)10-9-14-17(24(2)3)18-16(19(25)21(12,14)26)20(23-28-18)27-11-13-7-5-4-6-8-13;/h5-11,13-14,16,18,26H,12H2,1-4H3;4-10,12,14-15,17,26H,11H2,1-3H3;1H4/t13-,14-,16+,18+,22-;12-,14+,15+,17+,21-;/m11./s1. The van der Waals surface area contributed by atoms with Crippen molar-refractivity contribution in [1.82, 2.24) is 20.1 Å². The number of nitrogens with zero attached hydrogens (tertiary/aromatic N) is 4. The lowest BCUT2D eigenvalue weighted by atomic mass is 9.60. The molecule has 4 aliphatic carbocycles. The first-order chi connectivity index (χ1) is 26.7. The van der Waals surface area contributed by atoms with Gasteiger partial charge in [-0.2, -0.15) is 0 Å². The highest BCUT2D eigenvalue weighted by molar-refractivity contribution is 9.09. The maximum atomic E-state index is 13.5. The first kappa shape index (κ1) is 42.2. The molecule has 2 aromatic carbocycles. The van der Waals surface area contributed by atoms with Crippen molar-refractivity contribution in [3.63, 3.8) is 0 Å². The molecule has 13 heteroatoms. The molecule has 0 bridgehead atoms. The Morgan fingerprint density at radius 2 is 1.07 bits per heavy atom. The van der Waals surface area contributed by atoms with Crippen LogP contribution in [0.25, 0.3) is 0 Å². The van der Waals surface area contributed by atoms with Crippen molar-refractivity contribution in [1.29, 1.82) is 0 Å². The third kappa shape index (κ3) is 7.11. The number of alkyl halides is 1. The predicted octanol–water partition coefficient (Wildman–Crippen LogP) is 7.25. The van der Waals surface area contributed by atoms with Crippen LogP contribution in [0.1, 0.15) is 83.6 Å². The number of ether oxygens (including phenoxy) is 2. The molecule has 0 saturated heterocycles. The van der Waals surface area contributed by atoms with E-state index in [0.717, 1.165) is 11.1 Å². The first-order valence-corrected chi connectivity index (χ1v) is 19.8. The first-order valence-electron chi connectivity index (χ1n) is 18.9. The Kier molecular flexibility index (Phi) is 12.2. The smallest absolute Gasteiger partial charge is 0.265 e. The second-order valence-electron chi connectivity index (χ2n) is 15.8. The summed E-state index contributed by atoms with van der Waals surface area (Å²) >= 11 is 3.56. The van der Waals surface area contributed by atoms with Crippen LogP contribution in [0.5, 0.6) is 11.8 Å². The predicted molar refractivity (Wildman–Crippen MR) is 218 cm³/mol. The molecule has 4 aliphatic rings. The summed E-state index contributed by atoms with van der Waals surface area (Å²) in [7, 11) is 7.62. The Hall–Kier alpha value is -4.40. The van der Waals surface area contributed by atoms with Crippen LogP contribution in [0.15, 0.2) is 94.0 Å². The molecule has 2 heterocycles. The maximum absolute atomic E-state index is 13.5. The summed E-state index contributed by atoms with van der Waals surface area (Å²) in [5, 5.41) is 31.3. The molecule has 304 valence electrons. The van der Waals surface area contributed by atoms with Crippen molar-refractivity contribution in [3.05, 3.63) is 119 Å². The number of hydrogen-bond acceptors (Lipinski definition) is 12. The van der Waals surface area contributed by atoms with E-state index in [0.29, 0.717) is 11.5 Å². The van der Waals surface area contributed by atoms with Gasteiger partial charge in [0.15, 0.2) is 11.5 Å². The fourth-order valence-electron chi connectivity index (χ4n) is 8.69. The van der Waals surface area contributed by atoms with Gasteiger partial charge in [0, 0.05) is 22.6 Å².